The molecule has 0 bridgehead atoms. The number of aromatic amines is 1. The highest BCUT2D eigenvalue weighted by Crippen LogP contribution is 2.41. The highest BCUT2D eigenvalue weighted by atomic mass is 35.5. The predicted octanol–water partition coefficient (Wildman–Crippen LogP) is 5.35. The molecular weight excluding hydrogens is 546 g/mol. The third-order valence-electron chi connectivity index (χ3n) is 8.28. The van der Waals surface area contributed by atoms with E-state index in [0.29, 0.717) is 34.0 Å². The molecule has 1 N–H and O–H groups in total. The van der Waals surface area contributed by atoms with Crippen LogP contribution in [-0.4, -0.2) is 46.3 Å². The Hall–Kier alpha value is -4.06. The number of H-pyrrole nitrogens is 1. The smallest absolute Gasteiger partial charge is 0.337 e. The molecule has 1 saturated carbocycles. The molecule has 12 nitrogen and oxygen atoms in total. The number of pyridine rings is 2. The molecule has 5 aromatic heterocycles. The minimum atomic E-state index is -0.652. The normalized spacial score (nSPS) is 21.2. The minimum absolute atomic E-state index is 0.0752. The molecule has 0 aromatic carbocycles. The number of hydrogen-bond donors (Lipinski definition) is 1. The monoisotopic (exact) mass is 575 g/mol. The van der Waals surface area contributed by atoms with Gasteiger partial charge in [0.1, 0.15) is 11.7 Å². The molecule has 0 unspecified atom stereocenters. The van der Waals surface area contributed by atoms with Crippen molar-refractivity contribution in [2.45, 2.75) is 65.0 Å². The van der Waals surface area contributed by atoms with Crippen LogP contribution in [-0.2, 0) is 6.54 Å². The van der Waals surface area contributed by atoms with Gasteiger partial charge in [-0.2, -0.15) is 4.98 Å². The molecule has 5 aromatic rings. The summed E-state index contributed by atoms with van der Waals surface area (Å²) in [4.78, 5) is 35.8. The molecule has 1 atom stereocenters. The third-order valence-corrected chi connectivity index (χ3v) is 8.49. The highest BCUT2D eigenvalue weighted by molar-refractivity contribution is 6.30. The van der Waals surface area contributed by atoms with Gasteiger partial charge in [-0.1, -0.05) is 41.7 Å². The van der Waals surface area contributed by atoms with Gasteiger partial charge in [0, 0.05) is 31.0 Å². The molecule has 0 spiro atoms. The van der Waals surface area contributed by atoms with Crippen LogP contribution in [0.2, 0.25) is 5.02 Å². The lowest BCUT2D eigenvalue weighted by Gasteiger charge is -2.29. The van der Waals surface area contributed by atoms with Gasteiger partial charge in [0.05, 0.1) is 21.7 Å². The largest absolute Gasteiger partial charge is 0.439 e. The molecule has 13 heteroatoms. The van der Waals surface area contributed by atoms with Crippen LogP contribution >= 0.6 is 11.6 Å². The molecule has 212 valence electrons. The maximum Gasteiger partial charge on any atom is 0.439 e. The van der Waals surface area contributed by atoms with Gasteiger partial charge >= 0.3 is 5.76 Å². The van der Waals surface area contributed by atoms with Crippen molar-refractivity contribution >= 4 is 28.6 Å². The highest BCUT2D eigenvalue weighted by Gasteiger charge is 2.35. The number of aromatic nitrogens is 8. The molecule has 41 heavy (non-hydrogen) atoms. The second kappa shape index (κ2) is 10.4. The van der Waals surface area contributed by atoms with E-state index in [0.717, 1.165) is 67.2 Å². The zero-order valence-electron chi connectivity index (χ0n) is 22.9. The SMILES string of the molecule is Cc1noc([C@@H]2CCCN2c2nc3cc(-c4noc(=O)[nH]4)nc(-c4cncc(Cl)c4)c3n2CC2CCC(C)CC2)n1. The summed E-state index contributed by atoms with van der Waals surface area (Å²) in [5, 5.41) is 8.43. The summed E-state index contributed by atoms with van der Waals surface area (Å²) < 4.78 is 12.7. The van der Waals surface area contributed by atoms with Crippen molar-refractivity contribution in [3.63, 3.8) is 0 Å². The van der Waals surface area contributed by atoms with Crippen LogP contribution in [0.5, 0.6) is 0 Å². The Labute approximate surface area is 240 Å². The minimum Gasteiger partial charge on any atom is -0.337 e. The Bertz CT molecular complexity index is 1760. The fourth-order valence-corrected chi connectivity index (χ4v) is 6.40. The van der Waals surface area contributed by atoms with Gasteiger partial charge in [0.25, 0.3) is 0 Å². The van der Waals surface area contributed by atoms with Gasteiger partial charge in [-0.15, -0.1) is 0 Å². The number of rotatable bonds is 6. The van der Waals surface area contributed by atoms with E-state index in [4.69, 9.17) is 30.6 Å². The van der Waals surface area contributed by atoms with Gasteiger partial charge in [-0.05, 0) is 56.6 Å². The van der Waals surface area contributed by atoms with Crippen molar-refractivity contribution in [2.24, 2.45) is 11.8 Å². The number of fused-ring (bicyclic) bond motifs is 1. The molecular formula is C28H30ClN9O3. The molecule has 6 heterocycles. The Balaban J connectivity index is 1.44. The average Bonchev–Trinajstić information content (AvgIpc) is 3.76. The van der Waals surface area contributed by atoms with Crippen molar-refractivity contribution in [3.05, 3.63) is 51.8 Å². The van der Waals surface area contributed by atoms with Crippen LogP contribution in [0.3, 0.4) is 0 Å². The Morgan fingerprint density at radius 3 is 2.63 bits per heavy atom. The van der Waals surface area contributed by atoms with Gasteiger partial charge in [-0.25, -0.2) is 14.8 Å². The first-order valence-corrected chi connectivity index (χ1v) is 14.5. The lowest BCUT2D eigenvalue weighted by molar-refractivity contribution is 0.266. The second-order valence-electron chi connectivity index (χ2n) is 11.2. The van der Waals surface area contributed by atoms with Gasteiger partial charge < -0.3 is 14.0 Å². The fraction of sp³-hybridized carbons (Fsp3) is 0.464. The molecule has 1 saturated heterocycles. The molecule has 2 aliphatic rings. The van der Waals surface area contributed by atoms with Crippen LogP contribution in [0.15, 0.2) is 38.4 Å². The first-order valence-electron chi connectivity index (χ1n) is 14.1. The number of imidazole rings is 1. The van der Waals surface area contributed by atoms with E-state index in [-0.39, 0.29) is 11.9 Å². The van der Waals surface area contributed by atoms with Crippen LogP contribution in [0, 0.1) is 18.8 Å². The van der Waals surface area contributed by atoms with Crippen molar-refractivity contribution in [3.8, 4) is 22.8 Å². The number of halogens is 1. The van der Waals surface area contributed by atoms with Crippen LogP contribution in [0.25, 0.3) is 33.8 Å². The standard InChI is InChI=1S/C28H30ClN9O3/c1-15-5-7-17(8-6-15)14-38-24-20(33-27(38)37-9-3-4-22(37)26-31-16(2)35-40-26)11-21(25-34-28(39)41-36-25)32-23(24)18-10-19(29)13-30-12-18/h10-13,15,17,22H,3-9,14H2,1-2H3,(H,34,36,39)/t15?,17?,22-/m0/s1. The topological polar surface area (TPSA) is 145 Å². The van der Waals surface area contributed by atoms with Crippen LogP contribution in [0.4, 0.5) is 5.95 Å². The summed E-state index contributed by atoms with van der Waals surface area (Å²) in [6.45, 7) is 5.77. The fourth-order valence-electron chi connectivity index (χ4n) is 6.22. The molecule has 1 aliphatic heterocycles. The molecule has 1 aliphatic carbocycles. The predicted molar refractivity (Wildman–Crippen MR) is 151 cm³/mol. The third kappa shape index (κ3) is 4.90. The molecule has 2 fully saturated rings. The summed E-state index contributed by atoms with van der Waals surface area (Å²) in [6, 6.07) is 3.61. The number of nitrogens with zero attached hydrogens (tertiary/aromatic N) is 8. The number of nitrogens with one attached hydrogen (secondary N) is 1. The molecule has 7 rings (SSSR count). The van der Waals surface area contributed by atoms with Gasteiger partial charge in [-0.3, -0.25) is 14.5 Å². The van der Waals surface area contributed by atoms with Crippen LogP contribution < -0.4 is 10.7 Å². The zero-order valence-corrected chi connectivity index (χ0v) is 23.6. The van der Waals surface area contributed by atoms with E-state index in [2.05, 4.69) is 41.7 Å². The first kappa shape index (κ1) is 25.9. The number of hydrogen-bond acceptors (Lipinski definition) is 10. The van der Waals surface area contributed by atoms with Crippen molar-refractivity contribution in [2.75, 3.05) is 11.4 Å². The van der Waals surface area contributed by atoms with E-state index in [1.165, 1.54) is 12.8 Å². The summed E-state index contributed by atoms with van der Waals surface area (Å²) in [5.74, 6) is 2.88. The van der Waals surface area contributed by atoms with E-state index in [1.807, 2.05) is 19.1 Å². The first-order chi connectivity index (χ1) is 19.9. The van der Waals surface area contributed by atoms with E-state index in [1.54, 1.807) is 12.4 Å². The van der Waals surface area contributed by atoms with E-state index >= 15 is 0 Å². The van der Waals surface area contributed by atoms with E-state index < -0.39 is 5.76 Å². The van der Waals surface area contributed by atoms with E-state index in [9.17, 15) is 4.79 Å². The van der Waals surface area contributed by atoms with Crippen molar-refractivity contribution < 1.29 is 9.05 Å². The second-order valence-corrected chi connectivity index (χ2v) is 11.7. The maximum absolute atomic E-state index is 11.8. The van der Waals surface area contributed by atoms with Crippen LogP contribution in [0.1, 0.15) is 63.2 Å². The summed E-state index contributed by atoms with van der Waals surface area (Å²) >= 11 is 6.39. The summed E-state index contributed by atoms with van der Waals surface area (Å²) in [5.41, 5.74) is 3.44. The summed E-state index contributed by atoms with van der Waals surface area (Å²) in [6.07, 6.45) is 9.95. The van der Waals surface area contributed by atoms with Crippen molar-refractivity contribution in [1.29, 1.82) is 0 Å². The zero-order chi connectivity index (χ0) is 28.1. The average molecular weight is 576 g/mol. The quantitative estimate of drug-likeness (QED) is 0.281. The Morgan fingerprint density at radius 2 is 1.90 bits per heavy atom. The van der Waals surface area contributed by atoms with Crippen molar-refractivity contribution in [1.82, 2.24) is 39.8 Å². The maximum atomic E-state index is 11.8. The number of aryl methyl sites for hydroxylation is 1. The van der Waals surface area contributed by atoms with Gasteiger partial charge in [0.2, 0.25) is 17.7 Å². The summed E-state index contributed by atoms with van der Waals surface area (Å²) in [7, 11) is 0. The lowest BCUT2D eigenvalue weighted by atomic mass is 9.83. The molecule has 0 amide bonds. The van der Waals surface area contributed by atoms with Gasteiger partial charge in [0.15, 0.2) is 5.82 Å². The lowest BCUT2D eigenvalue weighted by Crippen LogP contribution is -2.28. The molecule has 0 radical (unpaired) electrons. The Morgan fingerprint density at radius 1 is 1.05 bits per heavy atom. The Kier molecular flexibility index (Phi) is 6.57. The number of anilines is 1.